The fourth-order valence-electron chi connectivity index (χ4n) is 1.29. The van der Waals surface area contributed by atoms with Gasteiger partial charge in [-0.2, -0.15) is 13.2 Å². The molecular formula is C12H9F3N2S. The third kappa shape index (κ3) is 2.95. The van der Waals surface area contributed by atoms with Crippen LogP contribution in [0.15, 0.2) is 52.5 Å². The largest absolute Gasteiger partial charge is 0.417 e. The van der Waals surface area contributed by atoms with Crippen LogP contribution >= 0.6 is 11.8 Å². The predicted molar refractivity (Wildman–Crippen MR) is 64.2 cm³/mol. The lowest BCUT2D eigenvalue weighted by molar-refractivity contribution is -0.137. The van der Waals surface area contributed by atoms with Crippen LogP contribution in [-0.4, -0.2) is 4.98 Å². The number of hydrogen-bond acceptors (Lipinski definition) is 3. The van der Waals surface area contributed by atoms with Crippen molar-refractivity contribution >= 4 is 17.4 Å². The predicted octanol–water partition coefficient (Wildman–Crippen LogP) is 3.83. The molecule has 2 N–H and O–H groups in total. The Morgan fingerprint density at radius 3 is 2.33 bits per heavy atom. The van der Waals surface area contributed by atoms with Crippen LogP contribution in [0.25, 0.3) is 0 Å². The Morgan fingerprint density at radius 1 is 1.06 bits per heavy atom. The number of benzene rings is 1. The van der Waals surface area contributed by atoms with E-state index in [-0.39, 0.29) is 0 Å². The number of alkyl halides is 3. The highest BCUT2D eigenvalue weighted by atomic mass is 32.2. The van der Waals surface area contributed by atoms with Crippen LogP contribution in [0, 0.1) is 0 Å². The second-order valence-corrected chi connectivity index (χ2v) is 4.58. The van der Waals surface area contributed by atoms with E-state index in [0.717, 1.165) is 17.2 Å². The first-order valence-corrected chi connectivity index (χ1v) is 5.84. The summed E-state index contributed by atoms with van der Waals surface area (Å²) in [7, 11) is 0. The molecule has 0 aliphatic rings. The lowest BCUT2D eigenvalue weighted by Gasteiger charge is -2.07. The van der Waals surface area contributed by atoms with Crippen LogP contribution in [-0.2, 0) is 6.18 Å². The molecule has 0 saturated carbocycles. The summed E-state index contributed by atoms with van der Waals surface area (Å²) in [5, 5.41) is 0.473. The molecule has 0 aliphatic heterocycles. The number of halogens is 3. The Morgan fingerprint density at radius 2 is 1.78 bits per heavy atom. The Kier molecular flexibility index (Phi) is 3.47. The number of para-hydroxylation sites is 1. The standard InChI is InChI=1S/C12H9F3N2S/c13-12(14,15)8-5-6-11(17-7-8)18-10-4-2-1-3-9(10)16/h1-7H,16H2. The minimum Gasteiger partial charge on any atom is -0.398 e. The number of anilines is 1. The molecule has 0 unspecified atom stereocenters. The lowest BCUT2D eigenvalue weighted by atomic mass is 10.3. The van der Waals surface area contributed by atoms with E-state index in [4.69, 9.17) is 5.73 Å². The molecule has 0 saturated heterocycles. The zero-order valence-electron chi connectivity index (χ0n) is 9.11. The van der Waals surface area contributed by atoms with Crippen molar-refractivity contribution < 1.29 is 13.2 Å². The molecule has 0 spiro atoms. The summed E-state index contributed by atoms with van der Waals surface area (Å²) < 4.78 is 37.0. The Bertz CT molecular complexity index is 538. The first-order chi connectivity index (χ1) is 8.47. The summed E-state index contributed by atoms with van der Waals surface area (Å²) in [6.07, 6.45) is -3.54. The van der Waals surface area contributed by atoms with Crippen molar-refractivity contribution in [2.45, 2.75) is 16.1 Å². The molecule has 2 rings (SSSR count). The maximum absolute atomic E-state index is 12.3. The molecule has 1 aromatic heterocycles. The lowest BCUT2D eigenvalue weighted by Crippen LogP contribution is -2.05. The summed E-state index contributed by atoms with van der Waals surface area (Å²) in [5.74, 6) is 0. The maximum Gasteiger partial charge on any atom is 0.417 e. The number of nitrogens with two attached hydrogens (primary N) is 1. The Labute approximate surface area is 106 Å². The van der Waals surface area contributed by atoms with Gasteiger partial charge in [0, 0.05) is 16.8 Å². The van der Waals surface area contributed by atoms with Crippen LogP contribution in [0.1, 0.15) is 5.56 Å². The average Bonchev–Trinajstić information content (AvgIpc) is 2.32. The van der Waals surface area contributed by atoms with E-state index in [1.165, 1.54) is 17.8 Å². The molecule has 2 nitrogen and oxygen atoms in total. The van der Waals surface area contributed by atoms with Gasteiger partial charge in [-0.3, -0.25) is 0 Å². The van der Waals surface area contributed by atoms with Gasteiger partial charge in [0.15, 0.2) is 0 Å². The fourth-order valence-corrected chi connectivity index (χ4v) is 2.09. The minimum atomic E-state index is -4.36. The fraction of sp³-hybridized carbons (Fsp3) is 0.0833. The smallest absolute Gasteiger partial charge is 0.398 e. The Hall–Kier alpha value is -1.69. The highest BCUT2D eigenvalue weighted by Crippen LogP contribution is 2.33. The quantitative estimate of drug-likeness (QED) is 0.843. The van der Waals surface area contributed by atoms with Gasteiger partial charge in [0.2, 0.25) is 0 Å². The van der Waals surface area contributed by atoms with Gasteiger partial charge in [-0.1, -0.05) is 23.9 Å². The van der Waals surface area contributed by atoms with Gasteiger partial charge in [0.1, 0.15) is 5.03 Å². The molecule has 0 amide bonds. The minimum absolute atomic E-state index is 0.473. The molecule has 0 fully saturated rings. The van der Waals surface area contributed by atoms with Crippen LogP contribution in [0.5, 0.6) is 0 Å². The van der Waals surface area contributed by atoms with Crippen molar-refractivity contribution in [2.75, 3.05) is 5.73 Å². The van der Waals surface area contributed by atoms with Crippen molar-refractivity contribution in [1.82, 2.24) is 4.98 Å². The molecule has 94 valence electrons. The monoisotopic (exact) mass is 270 g/mol. The number of pyridine rings is 1. The van der Waals surface area contributed by atoms with Crippen LogP contribution in [0.2, 0.25) is 0 Å². The average molecular weight is 270 g/mol. The van der Waals surface area contributed by atoms with Gasteiger partial charge in [-0.25, -0.2) is 4.98 Å². The van der Waals surface area contributed by atoms with Gasteiger partial charge in [-0.15, -0.1) is 0 Å². The molecule has 0 radical (unpaired) electrons. The summed E-state index contributed by atoms with van der Waals surface area (Å²) in [5.41, 5.74) is 5.56. The number of aromatic nitrogens is 1. The van der Waals surface area contributed by atoms with Crippen LogP contribution < -0.4 is 5.73 Å². The van der Waals surface area contributed by atoms with Gasteiger partial charge < -0.3 is 5.73 Å². The summed E-state index contributed by atoms with van der Waals surface area (Å²) in [6.45, 7) is 0. The van der Waals surface area contributed by atoms with E-state index in [0.29, 0.717) is 10.7 Å². The van der Waals surface area contributed by atoms with Gasteiger partial charge in [-0.05, 0) is 24.3 Å². The van der Waals surface area contributed by atoms with Gasteiger partial charge >= 0.3 is 6.18 Å². The van der Waals surface area contributed by atoms with Crippen molar-refractivity contribution in [2.24, 2.45) is 0 Å². The number of rotatable bonds is 2. The van der Waals surface area contributed by atoms with Crippen molar-refractivity contribution in [3.05, 3.63) is 48.2 Å². The van der Waals surface area contributed by atoms with E-state index in [2.05, 4.69) is 4.98 Å². The Balaban J connectivity index is 2.19. The zero-order chi connectivity index (χ0) is 13.2. The highest BCUT2D eigenvalue weighted by molar-refractivity contribution is 7.99. The van der Waals surface area contributed by atoms with E-state index < -0.39 is 11.7 Å². The third-order valence-corrected chi connectivity index (χ3v) is 3.24. The molecular weight excluding hydrogens is 261 g/mol. The number of nitrogens with zero attached hydrogens (tertiary/aromatic N) is 1. The van der Waals surface area contributed by atoms with E-state index >= 15 is 0 Å². The first-order valence-electron chi connectivity index (χ1n) is 5.02. The molecule has 6 heteroatoms. The zero-order valence-corrected chi connectivity index (χ0v) is 9.92. The summed E-state index contributed by atoms with van der Waals surface area (Å²) in [4.78, 5) is 4.54. The molecule has 0 atom stereocenters. The SMILES string of the molecule is Nc1ccccc1Sc1ccc(C(F)(F)F)cn1. The second-order valence-electron chi connectivity index (χ2n) is 3.52. The molecule has 0 aliphatic carbocycles. The number of nitrogen functional groups attached to an aromatic ring is 1. The van der Waals surface area contributed by atoms with Crippen molar-refractivity contribution in [3.8, 4) is 0 Å². The number of hydrogen-bond donors (Lipinski definition) is 1. The highest BCUT2D eigenvalue weighted by Gasteiger charge is 2.30. The van der Waals surface area contributed by atoms with Crippen LogP contribution in [0.4, 0.5) is 18.9 Å². The molecule has 18 heavy (non-hydrogen) atoms. The van der Waals surface area contributed by atoms with Crippen molar-refractivity contribution in [1.29, 1.82) is 0 Å². The second kappa shape index (κ2) is 4.89. The normalized spacial score (nSPS) is 11.5. The van der Waals surface area contributed by atoms with Crippen LogP contribution in [0.3, 0.4) is 0 Å². The van der Waals surface area contributed by atoms with E-state index in [1.807, 2.05) is 6.07 Å². The topological polar surface area (TPSA) is 38.9 Å². The van der Waals surface area contributed by atoms with E-state index in [1.54, 1.807) is 18.2 Å². The van der Waals surface area contributed by atoms with Gasteiger partial charge in [0.25, 0.3) is 0 Å². The summed E-state index contributed by atoms with van der Waals surface area (Å²) in [6, 6.07) is 9.46. The summed E-state index contributed by atoms with van der Waals surface area (Å²) >= 11 is 1.23. The molecule has 2 aromatic rings. The van der Waals surface area contributed by atoms with Crippen molar-refractivity contribution in [3.63, 3.8) is 0 Å². The molecule has 1 heterocycles. The van der Waals surface area contributed by atoms with E-state index in [9.17, 15) is 13.2 Å². The molecule has 1 aromatic carbocycles. The first kappa shape index (κ1) is 12.8. The molecule has 0 bridgehead atoms. The van der Waals surface area contributed by atoms with Gasteiger partial charge in [0.05, 0.1) is 5.56 Å². The maximum atomic E-state index is 12.3. The third-order valence-electron chi connectivity index (χ3n) is 2.20.